The van der Waals surface area contributed by atoms with Crippen molar-refractivity contribution in [2.24, 2.45) is 0 Å². The Labute approximate surface area is 293 Å². The fourth-order valence-electron chi connectivity index (χ4n) is 6.20. The molecule has 4 heterocycles. The number of aliphatic hydroxyl groups excluding tert-OH is 8. The Bertz CT molecular complexity index is 1770. The first-order valence-corrected chi connectivity index (χ1v) is 16.2. The Balaban J connectivity index is 1.26. The predicted molar refractivity (Wildman–Crippen MR) is 170 cm³/mol. The molecule has 3 aliphatic rings. The van der Waals surface area contributed by atoms with Crippen molar-refractivity contribution in [3.8, 4) is 34.3 Å². The molecule has 19 nitrogen and oxygen atoms in total. The predicted octanol–water partition coefficient (Wildman–Crippen LogP) is -2.54. The molecule has 3 aromatic rings. The Morgan fingerprint density at radius 1 is 0.654 bits per heavy atom. The van der Waals surface area contributed by atoms with Crippen molar-refractivity contribution in [3.05, 3.63) is 46.6 Å². The molecule has 3 aliphatic heterocycles. The molecule has 2 aromatic carbocycles. The maximum atomic E-state index is 13.7. The van der Waals surface area contributed by atoms with Gasteiger partial charge in [0.1, 0.15) is 89.3 Å². The van der Waals surface area contributed by atoms with E-state index in [4.69, 9.17) is 32.8 Å². The number of aliphatic hydroxyl groups is 8. The fraction of sp³-hybridized carbons (Fsp3) is 0.545. The first-order chi connectivity index (χ1) is 24.6. The fourth-order valence-corrected chi connectivity index (χ4v) is 6.20. The van der Waals surface area contributed by atoms with Gasteiger partial charge < -0.3 is 89.0 Å². The average Bonchev–Trinajstić information content (AvgIpc) is 3.10. The van der Waals surface area contributed by atoms with Gasteiger partial charge in [0.05, 0.1) is 18.8 Å². The Kier molecular flexibility index (Phi) is 11.0. The molecule has 0 spiro atoms. The number of benzene rings is 2. The highest BCUT2D eigenvalue weighted by Crippen LogP contribution is 2.38. The van der Waals surface area contributed by atoms with Gasteiger partial charge in [-0.25, -0.2) is 0 Å². The maximum absolute atomic E-state index is 13.7. The van der Waals surface area contributed by atoms with Crippen molar-refractivity contribution >= 4 is 11.0 Å². The quantitative estimate of drug-likeness (QED) is 0.113. The summed E-state index contributed by atoms with van der Waals surface area (Å²) >= 11 is 0. The van der Waals surface area contributed by atoms with E-state index in [1.54, 1.807) is 0 Å². The number of phenolic OH excluding ortho intramolecular Hbond substituents is 3. The van der Waals surface area contributed by atoms with Crippen molar-refractivity contribution in [1.82, 2.24) is 0 Å². The Hall–Kier alpha value is -3.67. The number of hydrogen-bond acceptors (Lipinski definition) is 19. The third kappa shape index (κ3) is 7.16. The highest BCUT2D eigenvalue weighted by atomic mass is 16.8. The molecule has 0 saturated carbocycles. The summed E-state index contributed by atoms with van der Waals surface area (Å²) in [7, 11) is 0. The average molecular weight is 741 g/mol. The summed E-state index contributed by atoms with van der Waals surface area (Å²) in [6.07, 6.45) is -24.3. The first-order valence-electron chi connectivity index (χ1n) is 16.2. The molecule has 286 valence electrons. The van der Waals surface area contributed by atoms with E-state index in [-0.39, 0.29) is 22.7 Å². The van der Waals surface area contributed by atoms with Crippen LogP contribution in [0.15, 0.2) is 45.6 Å². The minimum Gasteiger partial charge on any atom is -0.508 e. The normalized spacial score (nSPS) is 38.3. The number of hydrogen-bond donors (Lipinski definition) is 11. The summed E-state index contributed by atoms with van der Waals surface area (Å²) in [5, 5.41) is 114. The minimum absolute atomic E-state index is 0.130. The van der Waals surface area contributed by atoms with Crippen molar-refractivity contribution in [3.63, 3.8) is 0 Å². The van der Waals surface area contributed by atoms with Crippen LogP contribution in [0.25, 0.3) is 22.3 Å². The molecule has 3 saturated heterocycles. The largest absolute Gasteiger partial charge is 0.508 e. The van der Waals surface area contributed by atoms with Crippen LogP contribution in [-0.2, 0) is 23.7 Å². The van der Waals surface area contributed by atoms with E-state index in [9.17, 15) is 61.0 Å². The molecule has 0 bridgehead atoms. The summed E-state index contributed by atoms with van der Waals surface area (Å²) in [6.45, 7) is 2.14. The summed E-state index contributed by atoms with van der Waals surface area (Å²) in [6, 6.07) is 7.22. The number of rotatable bonds is 8. The van der Waals surface area contributed by atoms with Gasteiger partial charge in [-0.2, -0.15) is 0 Å². The smallest absolute Gasteiger partial charge is 0.239 e. The summed E-state index contributed by atoms with van der Waals surface area (Å²) in [5.74, 6) is -2.15. The lowest BCUT2D eigenvalue weighted by molar-refractivity contribution is -0.367. The van der Waals surface area contributed by atoms with E-state index >= 15 is 0 Å². The third-order valence-corrected chi connectivity index (χ3v) is 9.26. The number of aromatic hydroxyl groups is 3. The van der Waals surface area contributed by atoms with Gasteiger partial charge in [-0.05, 0) is 38.1 Å². The van der Waals surface area contributed by atoms with Crippen molar-refractivity contribution in [1.29, 1.82) is 0 Å². The van der Waals surface area contributed by atoms with E-state index in [1.165, 1.54) is 38.1 Å². The lowest BCUT2D eigenvalue weighted by Gasteiger charge is -2.46. The van der Waals surface area contributed by atoms with Crippen LogP contribution in [0.1, 0.15) is 13.8 Å². The Morgan fingerprint density at radius 3 is 1.92 bits per heavy atom. The van der Waals surface area contributed by atoms with Crippen LogP contribution in [0.5, 0.6) is 23.0 Å². The van der Waals surface area contributed by atoms with Gasteiger partial charge in [-0.15, -0.1) is 0 Å². The molecule has 52 heavy (non-hydrogen) atoms. The van der Waals surface area contributed by atoms with Crippen LogP contribution in [0.3, 0.4) is 0 Å². The molecule has 15 atom stereocenters. The van der Waals surface area contributed by atoms with Crippen molar-refractivity contribution in [2.45, 2.75) is 106 Å². The third-order valence-electron chi connectivity index (χ3n) is 9.26. The van der Waals surface area contributed by atoms with E-state index < -0.39 is 127 Å². The second kappa shape index (κ2) is 15.0. The summed E-state index contributed by atoms with van der Waals surface area (Å²) in [5.41, 5.74) is -1.07. The second-order valence-corrected chi connectivity index (χ2v) is 12.9. The van der Waals surface area contributed by atoms with Crippen LogP contribution in [0, 0.1) is 0 Å². The molecule has 0 aliphatic carbocycles. The maximum Gasteiger partial charge on any atom is 0.239 e. The molecule has 1 aromatic heterocycles. The zero-order chi connectivity index (χ0) is 37.8. The monoisotopic (exact) mass is 740 g/mol. The van der Waals surface area contributed by atoms with Gasteiger partial charge in [-0.3, -0.25) is 4.79 Å². The van der Waals surface area contributed by atoms with E-state index in [1.807, 2.05) is 0 Å². The van der Waals surface area contributed by atoms with Crippen LogP contribution in [0.2, 0.25) is 0 Å². The number of phenols is 3. The highest BCUT2D eigenvalue weighted by Gasteiger charge is 2.51. The zero-order valence-corrected chi connectivity index (χ0v) is 27.5. The second-order valence-electron chi connectivity index (χ2n) is 12.9. The van der Waals surface area contributed by atoms with Crippen LogP contribution in [0.4, 0.5) is 0 Å². The SMILES string of the molecule is CC1OC(OC2C(OCC3OC(Oc4c(-c5ccc(O)cc5)oc5cc(O)cc(O)c5c4=O)C(O)C(O)C3O)OC(C)C(O)C2O)C(O)C(O)C1O. The van der Waals surface area contributed by atoms with Gasteiger partial charge in [0.15, 0.2) is 18.3 Å². The number of ether oxygens (including phenoxy) is 6. The van der Waals surface area contributed by atoms with Crippen molar-refractivity contribution in [2.75, 3.05) is 6.61 Å². The molecule has 19 heteroatoms. The molecule has 6 rings (SSSR count). The van der Waals surface area contributed by atoms with Gasteiger partial charge in [-0.1, -0.05) is 0 Å². The molecule has 11 N–H and O–H groups in total. The Morgan fingerprint density at radius 2 is 1.25 bits per heavy atom. The van der Waals surface area contributed by atoms with Gasteiger partial charge >= 0.3 is 0 Å². The number of fused-ring (bicyclic) bond motifs is 1. The molecule has 3 fully saturated rings. The summed E-state index contributed by atoms with van der Waals surface area (Å²) in [4.78, 5) is 13.7. The lowest BCUT2D eigenvalue weighted by Crippen LogP contribution is -2.64. The summed E-state index contributed by atoms with van der Waals surface area (Å²) < 4.78 is 40.0. The van der Waals surface area contributed by atoms with Crippen LogP contribution in [-0.4, -0.2) is 155 Å². The first kappa shape index (κ1) is 38.1. The topological polar surface area (TPSA) is 308 Å². The van der Waals surface area contributed by atoms with E-state index in [0.717, 1.165) is 12.1 Å². The standard InChI is InChI=1S/C33H40O19/c1-10-19(37)23(41)26(44)31(47-10)52-30-25(43)20(38)11(2)48-33(30)46-9-17-21(39)24(42)27(45)32(50-17)51-29-22(40)18-15(36)7-14(35)8-16(18)49-28(29)12-3-5-13(34)6-4-12/h3-8,10-11,17,19-21,23-27,30-39,41-45H,9H2,1-2H3. The molecule has 0 radical (unpaired) electrons. The van der Waals surface area contributed by atoms with Gasteiger partial charge in [0.2, 0.25) is 17.5 Å². The van der Waals surface area contributed by atoms with E-state index in [0.29, 0.717) is 0 Å². The van der Waals surface area contributed by atoms with Gasteiger partial charge in [0, 0.05) is 17.7 Å². The van der Waals surface area contributed by atoms with Crippen LogP contribution >= 0.6 is 0 Å². The minimum atomic E-state index is -1.99. The molecular weight excluding hydrogens is 700 g/mol. The van der Waals surface area contributed by atoms with Crippen LogP contribution < -0.4 is 10.2 Å². The molecular formula is C33H40O19. The highest BCUT2D eigenvalue weighted by molar-refractivity contribution is 5.88. The zero-order valence-electron chi connectivity index (χ0n) is 27.5. The lowest BCUT2D eigenvalue weighted by atomic mass is 9.97. The molecule has 15 unspecified atom stereocenters. The van der Waals surface area contributed by atoms with Crippen molar-refractivity contribution < 1.29 is 89.0 Å². The molecule has 0 amide bonds. The van der Waals surface area contributed by atoms with Gasteiger partial charge in [0.25, 0.3) is 0 Å². The van der Waals surface area contributed by atoms with E-state index in [2.05, 4.69) is 0 Å².